The van der Waals surface area contributed by atoms with Crippen LogP contribution in [-0.2, 0) is 0 Å². The summed E-state index contributed by atoms with van der Waals surface area (Å²) in [5.74, 6) is 1.23. The van der Waals surface area contributed by atoms with Gasteiger partial charge in [-0.15, -0.1) is 0 Å². The molecule has 1 aromatic rings. The molecule has 19 heavy (non-hydrogen) atoms. The molecule has 6 nitrogen and oxygen atoms in total. The molecule has 1 aromatic heterocycles. The average Bonchev–Trinajstić information content (AvgIpc) is 2.95. The maximum atomic E-state index is 12.2. The lowest BCUT2D eigenvalue weighted by Crippen LogP contribution is -2.42. The van der Waals surface area contributed by atoms with Gasteiger partial charge in [0.25, 0.3) is 5.91 Å². The van der Waals surface area contributed by atoms with Gasteiger partial charge in [0.2, 0.25) is 0 Å². The minimum Gasteiger partial charge on any atom is -0.466 e. The number of amides is 1. The quantitative estimate of drug-likeness (QED) is 0.334. The Morgan fingerprint density at radius 1 is 1.53 bits per heavy atom. The Bertz CT molecular complexity index is 507. The van der Waals surface area contributed by atoms with Gasteiger partial charge in [0, 0.05) is 12.0 Å². The monoisotopic (exact) mass is 265 g/mol. The number of aryl methyl sites for hydroxylation is 2. The Kier molecular flexibility index (Phi) is 3.78. The number of nitrogens with two attached hydrogens (primary N) is 1. The number of rotatable bonds is 3. The molecule has 1 fully saturated rings. The molecule has 2 atom stereocenters. The lowest BCUT2D eigenvalue weighted by molar-refractivity contribution is 0.0931. The van der Waals surface area contributed by atoms with E-state index in [-0.39, 0.29) is 23.7 Å². The highest BCUT2D eigenvalue weighted by atomic mass is 16.4. The third-order valence-corrected chi connectivity index (χ3v) is 3.61. The minimum absolute atomic E-state index is 0.0852. The van der Waals surface area contributed by atoms with Crippen molar-refractivity contribution in [1.82, 2.24) is 5.32 Å². The van der Waals surface area contributed by atoms with E-state index in [2.05, 4.69) is 10.5 Å². The second kappa shape index (κ2) is 5.34. The molecule has 104 valence electrons. The molecule has 6 heteroatoms. The standard InChI is InChI=1S/C13H19N3O3/c1-7-6-10(8(2)19-7)13(17)15-11-5-3-4-9(11)12(14)16-18/h6,9,11,18H,3-5H2,1-2H3,(H2,14,16)(H,15,17). The molecule has 0 bridgehead atoms. The van der Waals surface area contributed by atoms with Crippen LogP contribution in [0.3, 0.4) is 0 Å². The van der Waals surface area contributed by atoms with Crippen LogP contribution >= 0.6 is 0 Å². The minimum atomic E-state index is -0.169. The zero-order valence-corrected chi connectivity index (χ0v) is 11.1. The molecule has 1 aliphatic carbocycles. The number of hydrogen-bond acceptors (Lipinski definition) is 4. The summed E-state index contributed by atoms with van der Waals surface area (Å²) in [6.45, 7) is 3.57. The molecule has 0 radical (unpaired) electrons. The molecular weight excluding hydrogens is 246 g/mol. The van der Waals surface area contributed by atoms with Crippen molar-refractivity contribution in [2.75, 3.05) is 0 Å². The Morgan fingerprint density at radius 2 is 2.26 bits per heavy atom. The van der Waals surface area contributed by atoms with Crippen molar-refractivity contribution in [3.63, 3.8) is 0 Å². The summed E-state index contributed by atoms with van der Waals surface area (Å²) in [6.07, 6.45) is 2.61. The van der Waals surface area contributed by atoms with Crippen LogP contribution in [-0.4, -0.2) is 23.0 Å². The molecule has 4 N–H and O–H groups in total. The van der Waals surface area contributed by atoms with Gasteiger partial charge in [-0.25, -0.2) is 0 Å². The lowest BCUT2D eigenvalue weighted by atomic mass is 10.0. The van der Waals surface area contributed by atoms with Crippen LogP contribution in [0.5, 0.6) is 0 Å². The molecule has 1 saturated carbocycles. The van der Waals surface area contributed by atoms with E-state index in [1.807, 2.05) is 0 Å². The predicted octanol–water partition coefficient (Wildman–Crippen LogP) is 1.54. The van der Waals surface area contributed by atoms with Gasteiger partial charge >= 0.3 is 0 Å². The SMILES string of the molecule is Cc1cc(C(=O)NC2CCCC2C(N)=NO)c(C)o1. The maximum Gasteiger partial charge on any atom is 0.255 e. The Morgan fingerprint density at radius 3 is 2.84 bits per heavy atom. The first-order chi connectivity index (χ1) is 9.02. The normalized spacial score (nSPS) is 23.6. The summed E-state index contributed by atoms with van der Waals surface area (Å²) >= 11 is 0. The fourth-order valence-corrected chi connectivity index (χ4v) is 2.66. The third-order valence-electron chi connectivity index (χ3n) is 3.61. The van der Waals surface area contributed by atoms with Gasteiger partial charge in [0.05, 0.1) is 5.56 Å². The van der Waals surface area contributed by atoms with E-state index < -0.39 is 0 Å². The van der Waals surface area contributed by atoms with Crippen LogP contribution in [0.2, 0.25) is 0 Å². The third kappa shape index (κ3) is 2.72. The van der Waals surface area contributed by atoms with Gasteiger partial charge in [0.15, 0.2) is 0 Å². The van der Waals surface area contributed by atoms with Crippen molar-refractivity contribution < 1.29 is 14.4 Å². The van der Waals surface area contributed by atoms with Crippen molar-refractivity contribution in [1.29, 1.82) is 0 Å². The van der Waals surface area contributed by atoms with E-state index >= 15 is 0 Å². The molecule has 0 aliphatic heterocycles. The Balaban J connectivity index is 2.08. The number of carbonyl (C=O) groups excluding carboxylic acids is 1. The van der Waals surface area contributed by atoms with E-state index in [9.17, 15) is 4.79 Å². The first-order valence-electron chi connectivity index (χ1n) is 6.38. The van der Waals surface area contributed by atoms with Gasteiger partial charge in [-0.1, -0.05) is 11.6 Å². The second-order valence-corrected chi connectivity index (χ2v) is 4.97. The first kappa shape index (κ1) is 13.5. The molecule has 0 aromatic carbocycles. The fourth-order valence-electron chi connectivity index (χ4n) is 2.66. The Labute approximate surface area is 111 Å². The van der Waals surface area contributed by atoms with E-state index in [0.29, 0.717) is 17.1 Å². The number of furan rings is 1. The molecule has 0 saturated heterocycles. The number of hydrogen-bond donors (Lipinski definition) is 3. The van der Waals surface area contributed by atoms with Gasteiger partial charge < -0.3 is 20.7 Å². The van der Waals surface area contributed by atoms with Crippen molar-refractivity contribution in [3.05, 3.63) is 23.2 Å². The smallest absolute Gasteiger partial charge is 0.255 e. The highest BCUT2D eigenvalue weighted by Gasteiger charge is 2.32. The summed E-state index contributed by atoms with van der Waals surface area (Å²) in [5, 5.41) is 14.7. The van der Waals surface area contributed by atoms with Gasteiger partial charge in [-0.05, 0) is 32.8 Å². The highest BCUT2D eigenvalue weighted by Crippen LogP contribution is 2.26. The first-order valence-corrected chi connectivity index (χ1v) is 6.38. The van der Waals surface area contributed by atoms with Crippen LogP contribution in [0.4, 0.5) is 0 Å². The topological polar surface area (TPSA) is 101 Å². The number of oxime groups is 1. The van der Waals surface area contributed by atoms with Crippen LogP contribution in [0, 0.1) is 19.8 Å². The molecule has 2 unspecified atom stereocenters. The Hall–Kier alpha value is -1.98. The van der Waals surface area contributed by atoms with E-state index in [1.54, 1.807) is 19.9 Å². The molecular formula is C13H19N3O3. The number of nitrogens with one attached hydrogen (secondary N) is 1. The summed E-state index contributed by atoms with van der Waals surface area (Å²) in [5.41, 5.74) is 6.19. The average molecular weight is 265 g/mol. The van der Waals surface area contributed by atoms with Gasteiger partial charge in [-0.2, -0.15) is 0 Å². The van der Waals surface area contributed by atoms with Crippen LogP contribution in [0.1, 0.15) is 41.1 Å². The number of nitrogens with zero attached hydrogens (tertiary/aromatic N) is 1. The van der Waals surface area contributed by atoms with Crippen LogP contribution < -0.4 is 11.1 Å². The molecule has 2 rings (SSSR count). The van der Waals surface area contributed by atoms with E-state index in [0.717, 1.165) is 19.3 Å². The number of amidine groups is 1. The zero-order valence-electron chi connectivity index (χ0n) is 11.1. The molecule has 1 heterocycles. The fraction of sp³-hybridized carbons (Fsp3) is 0.538. The highest BCUT2D eigenvalue weighted by molar-refractivity contribution is 5.96. The molecule has 1 amide bonds. The van der Waals surface area contributed by atoms with Crippen LogP contribution in [0.25, 0.3) is 0 Å². The predicted molar refractivity (Wildman–Crippen MR) is 70.2 cm³/mol. The van der Waals surface area contributed by atoms with Crippen molar-refractivity contribution in [2.45, 2.75) is 39.2 Å². The summed E-state index contributed by atoms with van der Waals surface area (Å²) < 4.78 is 5.35. The summed E-state index contributed by atoms with van der Waals surface area (Å²) in [4.78, 5) is 12.2. The summed E-state index contributed by atoms with van der Waals surface area (Å²) in [7, 11) is 0. The number of carbonyl (C=O) groups is 1. The maximum absolute atomic E-state index is 12.2. The second-order valence-electron chi connectivity index (χ2n) is 4.97. The van der Waals surface area contributed by atoms with Gasteiger partial charge in [-0.3, -0.25) is 4.79 Å². The van der Waals surface area contributed by atoms with Crippen molar-refractivity contribution in [2.24, 2.45) is 16.8 Å². The van der Waals surface area contributed by atoms with Crippen LogP contribution in [0.15, 0.2) is 15.6 Å². The van der Waals surface area contributed by atoms with Crippen molar-refractivity contribution >= 4 is 11.7 Å². The van der Waals surface area contributed by atoms with Crippen molar-refractivity contribution in [3.8, 4) is 0 Å². The lowest BCUT2D eigenvalue weighted by Gasteiger charge is -2.19. The van der Waals surface area contributed by atoms with E-state index in [4.69, 9.17) is 15.4 Å². The molecule has 1 aliphatic rings. The summed E-state index contributed by atoms with van der Waals surface area (Å²) in [6, 6.07) is 1.64. The molecule has 0 spiro atoms. The largest absolute Gasteiger partial charge is 0.466 e. The van der Waals surface area contributed by atoms with E-state index in [1.165, 1.54) is 0 Å². The zero-order chi connectivity index (χ0) is 14.0. The van der Waals surface area contributed by atoms with Gasteiger partial charge in [0.1, 0.15) is 17.4 Å².